The van der Waals surface area contributed by atoms with Crippen molar-refractivity contribution in [2.45, 2.75) is 4.90 Å². The second kappa shape index (κ2) is 8.69. The molecule has 0 spiro atoms. The van der Waals surface area contributed by atoms with E-state index >= 15 is 0 Å². The van der Waals surface area contributed by atoms with Crippen molar-refractivity contribution in [1.82, 2.24) is 0 Å². The van der Waals surface area contributed by atoms with Gasteiger partial charge in [-0.3, -0.25) is 29.8 Å². The van der Waals surface area contributed by atoms with Crippen molar-refractivity contribution in [2.75, 3.05) is 5.32 Å². The number of benzene rings is 3. The zero-order valence-corrected chi connectivity index (χ0v) is 16.4. The van der Waals surface area contributed by atoms with E-state index in [1.165, 1.54) is 18.2 Å². The molecule has 12 heteroatoms. The van der Waals surface area contributed by atoms with Crippen LogP contribution in [0.5, 0.6) is 0 Å². The van der Waals surface area contributed by atoms with Crippen molar-refractivity contribution in [1.29, 1.82) is 0 Å². The molecule has 0 bridgehead atoms. The Labute approximate surface area is 175 Å². The van der Waals surface area contributed by atoms with E-state index in [1.807, 2.05) is 0 Å². The molecule has 0 amide bonds. The molecule has 31 heavy (non-hydrogen) atoms. The summed E-state index contributed by atoms with van der Waals surface area (Å²) in [6.45, 7) is 0. The highest BCUT2D eigenvalue weighted by atomic mass is 32.2. The van der Waals surface area contributed by atoms with Crippen LogP contribution in [0.25, 0.3) is 0 Å². The summed E-state index contributed by atoms with van der Waals surface area (Å²) in [5.41, 5.74) is 1.28. The molecule has 0 atom stereocenters. The van der Waals surface area contributed by atoms with E-state index in [1.54, 1.807) is 42.6 Å². The second-order valence-electron chi connectivity index (χ2n) is 6.19. The quantitative estimate of drug-likeness (QED) is 0.237. The van der Waals surface area contributed by atoms with Gasteiger partial charge in [-0.25, -0.2) is 0 Å². The highest BCUT2D eigenvalue weighted by Crippen LogP contribution is 2.29. The fraction of sp³-hybridized carbons (Fsp3) is 0. The van der Waals surface area contributed by atoms with Crippen LogP contribution >= 0.6 is 0 Å². The summed E-state index contributed by atoms with van der Waals surface area (Å²) in [5.74, 6) is 0. The molecular weight excluding hydrogens is 428 g/mol. The van der Waals surface area contributed by atoms with Crippen LogP contribution in [0.4, 0.5) is 28.4 Å². The third-order valence-corrected chi connectivity index (χ3v) is 4.94. The number of anilines is 2. The number of hydrogen-bond donors (Lipinski definition) is 2. The molecule has 0 fully saturated rings. The standard InChI is InChI=1S/C19H14N4O7S/c24-22(25)17-8-1-13(2-9-17)12-20-14-3-5-15(6-4-14)21-16-7-10-18(23(26)27)19(11-16)31(28,29)30/h1-12,21H,(H,28,29,30). The summed E-state index contributed by atoms with van der Waals surface area (Å²) in [6, 6.07) is 15.8. The van der Waals surface area contributed by atoms with Gasteiger partial charge >= 0.3 is 10.1 Å². The Morgan fingerprint density at radius 3 is 2.03 bits per heavy atom. The molecule has 3 aromatic rings. The molecule has 11 nitrogen and oxygen atoms in total. The molecule has 3 rings (SSSR count). The first-order valence-corrected chi connectivity index (χ1v) is 9.99. The third kappa shape index (κ3) is 5.46. The van der Waals surface area contributed by atoms with Gasteiger partial charge in [0, 0.05) is 35.8 Å². The zero-order chi connectivity index (χ0) is 22.6. The predicted molar refractivity (Wildman–Crippen MR) is 113 cm³/mol. The molecule has 3 aromatic carbocycles. The molecule has 0 aliphatic heterocycles. The average Bonchev–Trinajstić information content (AvgIpc) is 2.72. The highest BCUT2D eigenvalue weighted by Gasteiger charge is 2.24. The van der Waals surface area contributed by atoms with Gasteiger partial charge in [0.1, 0.15) is 0 Å². The molecule has 158 valence electrons. The lowest BCUT2D eigenvalue weighted by Crippen LogP contribution is -2.04. The van der Waals surface area contributed by atoms with E-state index in [-0.39, 0.29) is 11.4 Å². The van der Waals surface area contributed by atoms with E-state index in [9.17, 15) is 33.2 Å². The summed E-state index contributed by atoms with van der Waals surface area (Å²) >= 11 is 0. The largest absolute Gasteiger partial charge is 0.355 e. The number of non-ortho nitro benzene ring substituents is 1. The molecule has 0 saturated heterocycles. The summed E-state index contributed by atoms with van der Waals surface area (Å²) in [7, 11) is -4.78. The van der Waals surface area contributed by atoms with Gasteiger partial charge in [0.2, 0.25) is 0 Å². The molecular formula is C19H14N4O7S. The fourth-order valence-electron chi connectivity index (χ4n) is 2.58. The Balaban J connectivity index is 1.75. The van der Waals surface area contributed by atoms with Crippen molar-refractivity contribution in [3.05, 3.63) is 92.5 Å². The molecule has 0 saturated carbocycles. The van der Waals surface area contributed by atoms with E-state index in [2.05, 4.69) is 10.3 Å². The van der Waals surface area contributed by atoms with Crippen LogP contribution in [0.1, 0.15) is 5.56 Å². The van der Waals surface area contributed by atoms with Crippen LogP contribution < -0.4 is 5.32 Å². The molecule has 0 radical (unpaired) electrons. The number of nitro groups is 2. The lowest BCUT2D eigenvalue weighted by Gasteiger charge is -2.08. The van der Waals surface area contributed by atoms with Crippen LogP contribution in [0.15, 0.2) is 76.6 Å². The van der Waals surface area contributed by atoms with Gasteiger partial charge < -0.3 is 5.32 Å². The van der Waals surface area contributed by atoms with Gasteiger partial charge in [-0.05, 0) is 54.1 Å². The van der Waals surface area contributed by atoms with E-state index in [0.29, 0.717) is 16.9 Å². The topological polar surface area (TPSA) is 165 Å². The predicted octanol–water partition coefficient (Wildman–Crippen LogP) is 4.24. The minimum absolute atomic E-state index is 0.0176. The number of aliphatic imine (C=N–C) groups is 1. The van der Waals surface area contributed by atoms with Gasteiger partial charge in [0.05, 0.1) is 15.5 Å². The maximum absolute atomic E-state index is 11.4. The monoisotopic (exact) mass is 442 g/mol. The molecule has 0 aliphatic carbocycles. The minimum Gasteiger partial charge on any atom is -0.355 e. The summed E-state index contributed by atoms with van der Waals surface area (Å²) in [4.78, 5) is 23.7. The fourth-order valence-corrected chi connectivity index (χ4v) is 3.26. The summed E-state index contributed by atoms with van der Waals surface area (Å²) < 4.78 is 32.1. The SMILES string of the molecule is O=[N+]([O-])c1ccc(C=Nc2ccc(Nc3ccc([N+](=O)[O-])c(S(=O)(=O)O)c3)cc2)cc1. The first kappa shape index (κ1) is 21.5. The number of nitro benzene ring substituents is 2. The van der Waals surface area contributed by atoms with Gasteiger partial charge in [0.15, 0.2) is 4.90 Å². The van der Waals surface area contributed by atoms with E-state index < -0.39 is 30.5 Å². The van der Waals surface area contributed by atoms with Gasteiger partial charge in [-0.15, -0.1) is 0 Å². The third-order valence-electron chi connectivity index (χ3n) is 4.06. The maximum Gasteiger partial charge on any atom is 0.301 e. The normalized spacial score (nSPS) is 11.4. The van der Waals surface area contributed by atoms with Crippen molar-refractivity contribution in [2.24, 2.45) is 4.99 Å². The Bertz CT molecular complexity index is 1270. The molecule has 0 aliphatic rings. The number of hydrogen-bond acceptors (Lipinski definition) is 8. The maximum atomic E-state index is 11.4. The Hall–Kier alpha value is -4.16. The van der Waals surface area contributed by atoms with Crippen molar-refractivity contribution < 1.29 is 22.8 Å². The van der Waals surface area contributed by atoms with Gasteiger partial charge in [-0.2, -0.15) is 8.42 Å². The lowest BCUT2D eigenvalue weighted by atomic mass is 10.2. The number of rotatable bonds is 7. The smallest absolute Gasteiger partial charge is 0.301 e. The van der Waals surface area contributed by atoms with Crippen molar-refractivity contribution in [3.8, 4) is 0 Å². The average molecular weight is 442 g/mol. The number of nitrogens with one attached hydrogen (secondary N) is 1. The zero-order valence-electron chi connectivity index (χ0n) is 15.6. The van der Waals surface area contributed by atoms with E-state index in [0.717, 1.165) is 12.1 Å². The molecule has 0 aromatic heterocycles. The molecule has 2 N–H and O–H groups in total. The van der Waals surface area contributed by atoms with Crippen molar-refractivity contribution >= 4 is 44.8 Å². The highest BCUT2D eigenvalue weighted by molar-refractivity contribution is 7.86. The van der Waals surface area contributed by atoms with Gasteiger partial charge in [0.25, 0.3) is 11.4 Å². The Morgan fingerprint density at radius 2 is 1.48 bits per heavy atom. The van der Waals surface area contributed by atoms with Gasteiger partial charge in [-0.1, -0.05) is 0 Å². The van der Waals surface area contributed by atoms with Crippen LogP contribution in [-0.2, 0) is 10.1 Å². The molecule has 0 unspecified atom stereocenters. The Kier molecular flexibility index (Phi) is 6.04. The van der Waals surface area contributed by atoms with Crippen molar-refractivity contribution in [3.63, 3.8) is 0 Å². The van der Waals surface area contributed by atoms with Crippen LogP contribution in [-0.4, -0.2) is 29.0 Å². The van der Waals surface area contributed by atoms with Crippen LogP contribution in [0, 0.1) is 20.2 Å². The first-order chi connectivity index (χ1) is 14.6. The minimum atomic E-state index is -4.78. The lowest BCUT2D eigenvalue weighted by molar-refractivity contribution is -0.387. The second-order valence-corrected chi connectivity index (χ2v) is 7.58. The number of nitrogens with zero attached hydrogens (tertiary/aromatic N) is 3. The summed E-state index contributed by atoms with van der Waals surface area (Å²) in [6.07, 6.45) is 1.54. The molecule has 0 heterocycles. The summed E-state index contributed by atoms with van der Waals surface area (Å²) in [5, 5.41) is 24.5. The van der Waals surface area contributed by atoms with Crippen LogP contribution in [0.2, 0.25) is 0 Å². The first-order valence-electron chi connectivity index (χ1n) is 8.55. The Morgan fingerprint density at radius 1 is 0.871 bits per heavy atom. The van der Waals surface area contributed by atoms with E-state index in [4.69, 9.17) is 0 Å². The van der Waals surface area contributed by atoms with Crippen LogP contribution in [0.3, 0.4) is 0 Å².